The zero-order valence-corrected chi connectivity index (χ0v) is 13.7. The molecule has 0 bridgehead atoms. The van der Waals surface area contributed by atoms with Crippen LogP contribution in [0.25, 0.3) is 0 Å². The van der Waals surface area contributed by atoms with E-state index in [1.807, 2.05) is 20.8 Å². The first-order valence-corrected chi connectivity index (χ1v) is 7.72. The van der Waals surface area contributed by atoms with E-state index in [9.17, 15) is 14.7 Å². The number of aromatic nitrogens is 2. The molecule has 7 heteroatoms. The predicted molar refractivity (Wildman–Crippen MR) is 81.8 cm³/mol. The van der Waals surface area contributed by atoms with Crippen molar-refractivity contribution in [3.63, 3.8) is 0 Å². The van der Waals surface area contributed by atoms with Gasteiger partial charge in [0.15, 0.2) is 0 Å². The van der Waals surface area contributed by atoms with Crippen molar-refractivity contribution in [2.24, 2.45) is 0 Å². The van der Waals surface area contributed by atoms with E-state index in [4.69, 9.17) is 0 Å². The first-order chi connectivity index (χ1) is 9.77. The number of nitrogens with one attached hydrogen (secondary N) is 1. The number of carbonyl (C=O) groups is 2. The van der Waals surface area contributed by atoms with E-state index in [0.717, 1.165) is 11.8 Å². The lowest BCUT2D eigenvalue weighted by molar-refractivity contribution is -0.120. The molecule has 1 aromatic rings. The Bertz CT molecular complexity index is 547. The van der Waals surface area contributed by atoms with Crippen LogP contribution in [0.3, 0.4) is 0 Å². The van der Waals surface area contributed by atoms with Crippen LogP contribution >= 0.6 is 11.8 Å². The third kappa shape index (κ3) is 4.42. The maximum absolute atomic E-state index is 11.8. The standard InChI is InChI=1S/C14H21N3O3S/c1-6-15-12(18)9(5)21-13-10(14(19)20)8(4)16-11(17-13)7(2)3/h7,9H,6H2,1-5H3,(H,15,18)(H,19,20). The topological polar surface area (TPSA) is 92.2 Å². The normalized spacial score (nSPS) is 12.3. The second-order valence-corrected chi connectivity index (χ2v) is 6.29. The Morgan fingerprint density at radius 2 is 1.90 bits per heavy atom. The highest BCUT2D eigenvalue weighted by atomic mass is 32.2. The molecule has 1 heterocycles. The molecule has 0 aliphatic heterocycles. The SMILES string of the molecule is CCNC(=O)C(C)Sc1nc(C(C)C)nc(C)c1C(=O)O. The second-order valence-electron chi connectivity index (χ2n) is 4.96. The fourth-order valence-corrected chi connectivity index (χ4v) is 2.72. The summed E-state index contributed by atoms with van der Waals surface area (Å²) in [6.45, 7) is 9.64. The van der Waals surface area contributed by atoms with Crippen LogP contribution in [0, 0.1) is 6.92 Å². The van der Waals surface area contributed by atoms with Gasteiger partial charge in [0.1, 0.15) is 16.4 Å². The predicted octanol–water partition coefficient (Wildman–Crippen LogP) is 2.22. The van der Waals surface area contributed by atoms with E-state index in [2.05, 4.69) is 15.3 Å². The Morgan fingerprint density at radius 3 is 2.38 bits per heavy atom. The first-order valence-electron chi connectivity index (χ1n) is 6.84. The van der Waals surface area contributed by atoms with Gasteiger partial charge in [-0.3, -0.25) is 4.79 Å². The average molecular weight is 311 g/mol. The molecule has 1 rings (SSSR count). The minimum absolute atomic E-state index is 0.0700. The van der Waals surface area contributed by atoms with Gasteiger partial charge in [-0.25, -0.2) is 14.8 Å². The van der Waals surface area contributed by atoms with Crippen LogP contribution in [-0.2, 0) is 4.79 Å². The van der Waals surface area contributed by atoms with E-state index in [1.54, 1.807) is 13.8 Å². The van der Waals surface area contributed by atoms with Crippen LogP contribution in [0.4, 0.5) is 0 Å². The third-order valence-corrected chi connectivity index (χ3v) is 3.90. The number of rotatable bonds is 6. The van der Waals surface area contributed by atoms with Gasteiger partial charge in [0, 0.05) is 12.5 Å². The number of carboxylic acids is 1. The Hall–Kier alpha value is -1.63. The maximum Gasteiger partial charge on any atom is 0.340 e. The van der Waals surface area contributed by atoms with Crippen molar-refractivity contribution in [1.82, 2.24) is 15.3 Å². The monoisotopic (exact) mass is 311 g/mol. The molecule has 0 radical (unpaired) electrons. The fourth-order valence-electron chi connectivity index (χ4n) is 1.70. The van der Waals surface area contributed by atoms with E-state index in [0.29, 0.717) is 23.1 Å². The summed E-state index contributed by atoms with van der Waals surface area (Å²) in [6, 6.07) is 0. The first kappa shape index (κ1) is 17.4. The lowest BCUT2D eigenvalue weighted by atomic mass is 10.2. The number of aromatic carboxylic acids is 1. The highest BCUT2D eigenvalue weighted by molar-refractivity contribution is 8.00. The number of carboxylic acid groups (broad SMARTS) is 1. The summed E-state index contributed by atoms with van der Waals surface area (Å²) in [4.78, 5) is 31.8. The van der Waals surface area contributed by atoms with Crippen LogP contribution < -0.4 is 5.32 Å². The molecule has 116 valence electrons. The Morgan fingerprint density at radius 1 is 1.29 bits per heavy atom. The largest absolute Gasteiger partial charge is 0.478 e. The Balaban J connectivity index is 3.19. The molecule has 0 saturated heterocycles. The van der Waals surface area contributed by atoms with Gasteiger partial charge in [0.05, 0.1) is 10.9 Å². The van der Waals surface area contributed by atoms with Crippen molar-refractivity contribution >= 4 is 23.6 Å². The van der Waals surface area contributed by atoms with Gasteiger partial charge in [-0.05, 0) is 20.8 Å². The van der Waals surface area contributed by atoms with Gasteiger partial charge in [-0.1, -0.05) is 25.6 Å². The molecule has 0 fully saturated rings. The molecule has 6 nitrogen and oxygen atoms in total. The van der Waals surface area contributed by atoms with Crippen LogP contribution in [0.5, 0.6) is 0 Å². The molecular weight excluding hydrogens is 290 g/mol. The smallest absolute Gasteiger partial charge is 0.340 e. The van der Waals surface area contributed by atoms with Crippen LogP contribution in [0.1, 0.15) is 55.5 Å². The van der Waals surface area contributed by atoms with Crippen LogP contribution in [0.2, 0.25) is 0 Å². The van der Waals surface area contributed by atoms with Crippen LogP contribution in [0.15, 0.2) is 5.03 Å². The number of amides is 1. The molecule has 1 atom stereocenters. The molecule has 1 aromatic heterocycles. The Kier molecular flexibility index (Phi) is 6.14. The highest BCUT2D eigenvalue weighted by Gasteiger charge is 2.23. The summed E-state index contributed by atoms with van der Waals surface area (Å²) in [5, 5.41) is 12.0. The van der Waals surface area contributed by atoms with Crippen molar-refractivity contribution in [2.75, 3.05) is 6.54 Å². The fraction of sp³-hybridized carbons (Fsp3) is 0.571. The number of hydrogen-bond acceptors (Lipinski definition) is 5. The van der Waals surface area contributed by atoms with E-state index < -0.39 is 11.2 Å². The van der Waals surface area contributed by atoms with Crippen molar-refractivity contribution < 1.29 is 14.7 Å². The minimum Gasteiger partial charge on any atom is -0.478 e. The summed E-state index contributed by atoms with van der Waals surface area (Å²) in [6.07, 6.45) is 0. The third-order valence-electron chi connectivity index (χ3n) is 2.81. The van der Waals surface area contributed by atoms with E-state index >= 15 is 0 Å². The molecule has 2 N–H and O–H groups in total. The zero-order valence-electron chi connectivity index (χ0n) is 12.9. The molecule has 0 aliphatic carbocycles. The summed E-state index contributed by atoms with van der Waals surface area (Å²) in [7, 11) is 0. The quantitative estimate of drug-likeness (QED) is 0.618. The molecule has 0 aliphatic rings. The van der Waals surface area contributed by atoms with Crippen molar-refractivity contribution in [1.29, 1.82) is 0 Å². The van der Waals surface area contributed by atoms with Gasteiger partial charge >= 0.3 is 5.97 Å². The van der Waals surface area contributed by atoms with Gasteiger partial charge in [-0.2, -0.15) is 0 Å². The van der Waals surface area contributed by atoms with E-state index in [-0.39, 0.29) is 17.4 Å². The van der Waals surface area contributed by atoms with Crippen molar-refractivity contribution in [2.45, 2.75) is 50.8 Å². The zero-order chi connectivity index (χ0) is 16.2. The summed E-state index contributed by atoms with van der Waals surface area (Å²) >= 11 is 1.15. The highest BCUT2D eigenvalue weighted by Crippen LogP contribution is 2.28. The molecule has 1 amide bonds. The number of hydrogen-bond donors (Lipinski definition) is 2. The van der Waals surface area contributed by atoms with Gasteiger partial charge in [0.25, 0.3) is 0 Å². The number of nitrogens with zero attached hydrogens (tertiary/aromatic N) is 2. The summed E-state index contributed by atoms with van der Waals surface area (Å²) < 4.78 is 0. The Labute approximate surface area is 128 Å². The summed E-state index contributed by atoms with van der Waals surface area (Å²) in [5.41, 5.74) is 0.493. The number of carbonyl (C=O) groups excluding carboxylic acids is 1. The minimum atomic E-state index is -1.08. The van der Waals surface area contributed by atoms with Gasteiger partial charge in [0.2, 0.25) is 5.91 Å². The van der Waals surface area contributed by atoms with Gasteiger partial charge in [-0.15, -0.1) is 0 Å². The molecule has 0 aromatic carbocycles. The molecule has 1 unspecified atom stereocenters. The lowest BCUT2D eigenvalue weighted by Crippen LogP contribution is -2.30. The molecule has 0 saturated carbocycles. The van der Waals surface area contributed by atoms with Gasteiger partial charge < -0.3 is 10.4 Å². The summed E-state index contributed by atoms with van der Waals surface area (Å²) in [5.74, 6) is -0.539. The lowest BCUT2D eigenvalue weighted by Gasteiger charge is -2.15. The number of thioether (sulfide) groups is 1. The molecular formula is C14H21N3O3S. The van der Waals surface area contributed by atoms with E-state index in [1.165, 1.54) is 0 Å². The molecule has 21 heavy (non-hydrogen) atoms. The van der Waals surface area contributed by atoms with Crippen molar-refractivity contribution in [3.8, 4) is 0 Å². The van der Waals surface area contributed by atoms with Crippen LogP contribution in [-0.4, -0.2) is 38.7 Å². The molecule has 0 spiro atoms. The second kappa shape index (κ2) is 7.40. The van der Waals surface area contributed by atoms with Crippen molar-refractivity contribution in [3.05, 3.63) is 17.1 Å². The average Bonchev–Trinajstić information content (AvgIpc) is 2.37. The maximum atomic E-state index is 11.8. The number of aryl methyl sites for hydroxylation is 1.